The van der Waals surface area contributed by atoms with Gasteiger partial charge in [-0.2, -0.15) is 0 Å². The van der Waals surface area contributed by atoms with Crippen molar-refractivity contribution >= 4 is 18.6 Å². The minimum Gasteiger partial charge on any atom is -0.534 e. The third-order valence-corrected chi connectivity index (χ3v) is 5.27. The van der Waals surface area contributed by atoms with Crippen LogP contribution < -0.4 is 9.97 Å². The van der Waals surface area contributed by atoms with Crippen molar-refractivity contribution in [2.45, 2.75) is 38.8 Å². The fourth-order valence-corrected chi connectivity index (χ4v) is 3.89. The molecule has 2 aromatic rings. The minimum absolute atomic E-state index is 0.153. The molecule has 6 nitrogen and oxygen atoms in total. The number of rotatable bonds is 4. The van der Waals surface area contributed by atoms with Crippen molar-refractivity contribution in [2.24, 2.45) is 0 Å². The van der Waals surface area contributed by atoms with E-state index in [9.17, 15) is 9.82 Å². The average molecular weight is 377 g/mol. The maximum atomic E-state index is 12.5. The molecule has 0 fully saturated rings. The molecule has 0 radical (unpaired) electrons. The smallest absolute Gasteiger partial charge is 0.534 e. The Labute approximate surface area is 165 Å². The summed E-state index contributed by atoms with van der Waals surface area (Å²) >= 11 is 0. The number of para-hydroxylation sites is 1. The third kappa shape index (κ3) is 3.68. The lowest BCUT2D eigenvalue weighted by Gasteiger charge is -2.29. The summed E-state index contributed by atoms with van der Waals surface area (Å²) in [7, 11) is 0.957. The van der Waals surface area contributed by atoms with Crippen LogP contribution in [0, 0.1) is 0 Å². The molecule has 4 rings (SSSR count). The third-order valence-electron chi connectivity index (χ3n) is 5.27. The highest BCUT2D eigenvalue weighted by Gasteiger charge is 2.36. The van der Waals surface area contributed by atoms with Crippen LogP contribution in [0.5, 0.6) is 5.75 Å². The molecule has 2 aliphatic rings. The number of nitrogens with one attached hydrogen (secondary N) is 1. The average Bonchev–Trinajstić information content (AvgIpc) is 3.01. The Hall–Kier alpha value is -2.64. The van der Waals surface area contributed by atoms with Gasteiger partial charge >= 0.3 is 7.12 Å². The summed E-state index contributed by atoms with van der Waals surface area (Å²) in [6.07, 6.45) is 2.50. The number of hydrogen-bond acceptors (Lipinski definition) is 5. The summed E-state index contributed by atoms with van der Waals surface area (Å²) in [5.41, 5.74) is 5.85. The molecule has 0 bridgehead atoms. The predicted octanol–water partition coefficient (Wildman–Crippen LogP) is 1.74. The molecule has 0 saturated heterocycles. The summed E-state index contributed by atoms with van der Waals surface area (Å²) in [6.45, 7) is 7.57. The number of amides is 1. The second kappa shape index (κ2) is 7.41. The molecule has 3 heterocycles. The summed E-state index contributed by atoms with van der Waals surface area (Å²) in [5.74, 6) is 0.00842. The zero-order chi connectivity index (χ0) is 19.8. The molecule has 28 heavy (non-hydrogen) atoms. The number of carbonyl (C=O) groups excluding carboxylic acids is 1. The normalized spacial score (nSPS) is 18.2. The van der Waals surface area contributed by atoms with E-state index in [1.807, 2.05) is 31.2 Å². The number of allylic oxidation sites excluding steroid dienone is 1. The lowest BCUT2D eigenvalue weighted by molar-refractivity contribution is -0.120. The number of aromatic nitrogens is 1. The van der Waals surface area contributed by atoms with Crippen LogP contribution in [0.4, 0.5) is 0 Å². The first-order chi connectivity index (χ1) is 13.4. The Bertz CT molecular complexity index is 946. The second-order valence-corrected chi connectivity index (χ2v) is 7.76. The molecule has 0 spiro atoms. The number of carbonyl (C=O) groups is 1. The zero-order valence-electron chi connectivity index (χ0n) is 16.2. The van der Waals surface area contributed by atoms with Gasteiger partial charge in [-0.05, 0) is 42.7 Å². The molecule has 7 heteroatoms. The van der Waals surface area contributed by atoms with E-state index >= 15 is 0 Å². The number of benzene rings is 1. The molecule has 2 N–H and O–H groups in total. The van der Waals surface area contributed by atoms with Crippen LogP contribution in [-0.4, -0.2) is 40.9 Å². The van der Waals surface area contributed by atoms with Crippen LogP contribution in [-0.2, 0) is 30.7 Å². The molecule has 1 aromatic carbocycles. The molecule has 0 saturated carbocycles. The molecule has 1 atom stereocenters. The van der Waals surface area contributed by atoms with Gasteiger partial charge in [0.1, 0.15) is 5.75 Å². The Kier molecular flexibility index (Phi) is 4.95. The van der Waals surface area contributed by atoms with Crippen molar-refractivity contribution in [1.82, 2.24) is 15.2 Å². The lowest BCUT2D eigenvalue weighted by Crippen LogP contribution is -2.53. The van der Waals surface area contributed by atoms with Crippen molar-refractivity contribution < 1.29 is 14.5 Å². The number of fused-ring (bicyclic) bond motifs is 2. The van der Waals surface area contributed by atoms with Crippen LogP contribution in [0.25, 0.3) is 5.57 Å². The van der Waals surface area contributed by atoms with Gasteiger partial charge in [0.2, 0.25) is 5.91 Å². The molecule has 1 aromatic heterocycles. The van der Waals surface area contributed by atoms with Gasteiger partial charge < -0.3 is 15.0 Å². The number of hydrogen-bond donors (Lipinski definition) is 2. The van der Waals surface area contributed by atoms with E-state index in [1.54, 1.807) is 6.20 Å². The van der Waals surface area contributed by atoms with Gasteiger partial charge in [-0.1, -0.05) is 30.8 Å². The largest absolute Gasteiger partial charge is 0.547 e. The maximum absolute atomic E-state index is 12.5. The maximum Gasteiger partial charge on any atom is 0.547 e. The van der Waals surface area contributed by atoms with E-state index in [0.29, 0.717) is 12.2 Å². The summed E-state index contributed by atoms with van der Waals surface area (Å²) in [6, 6.07) is 7.86. The lowest BCUT2D eigenvalue weighted by atomic mass is 9.72. The predicted molar refractivity (Wildman–Crippen MR) is 108 cm³/mol. The van der Waals surface area contributed by atoms with Crippen molar-refractivity contribution in [2.75, 3.05) is 7.05 Å². The number of nitrogens with zero attached hydrogens (tertiary/aromatic N) is 2. The highest BCUT2D eigenvalue weighted by molar-refractivity contribution is 6.46. The summed E-state index contributed by atoms with van der Waals surface area (Å²) in [5, 5.41) is 13.3. The molecule has 144 valence electrons. The first-order valence-electron chi connectivity index (χ1n) is 9.48. The molecule has 0 unspecified atom stereocenters. The summed E-state index contributed by atoms with van der Waals surface area (Å²) < 4.78 is 5.72. The topological polar surface area (TPSA) is 74.7 Å². The first kappa shape index (κ1) is 18.7. The van der Waals surface area contributed by atoms with Gasteiger partial charge in [0.05, 0.1) is 18.1 Å². The molecular weight excluding hydrogens is 353 g/mol. The van der Waals surface area contributed by atoms with E-state index in [-0.39, 0.29) is 12.3 Å². The van der Waals surface area contributed by atoms with E-state index in [2.05, 4.69) is 28.8 Å². The van der Waals surface area contributed by atoms with Gasteiger partial charge in [0, 0.05) is 24.8 Å². The molecule has 0 aliphatic carbocycles. The van der Waals surface area contributed by atoms with Crippen molar-refractivity contribution in [3.8, 4) is 5.75 Å². The quantitative estimate of drug-likeness (QED) is 0.795. The number of pyridine rings is 1. The van der Waals surface area contributed by atoms with Crippen molar-refractivity contribution in [3.63, 3.8) is 0 Å². The fraction of sp³-hybridized carbons (Fsp3) is 0.333. The van der Waals surface area contributed by atoms with E-state index in [1.165, 1.54) is 5.56 Å². The monoisotopic (exact) mass is 377 g/mol. The van der Waals surface area contributed by atoms with Gasteiger partial charge in [-0.3, -0.25) is 14.7 Å². The molecule has 1 amide bonds. The minimum atomic E-state index is -1.09. The Morgan fingerprint density at radius 2 is 2.25 bits per heavy atom. The standard InChI is InChI=1S/C21H24BN3O3/c1-13(2)17-6-4-5-15-9-19(22(27)28-21(15)17)24-20(26)8-14-7-16-11-25(3)12-18(16)23-10-14/h4-7,10,19,27H,1,8-9,11-12H2,2-3H3,(H,24,26)/t19-/m0/s1. The first-order valence-corrected chi connectivity index (χ1v) is 9.48. The highest BCUT2D eigenvalue weighted by atomic mass is 16.5. The van der Waals surface area contributed by atoms with E-state index in [0.717, 1.165) is 41.0 Å². The van der Waals surface area contributed by atoms with Gasteiger partial charge in [-0.25, -0.2) is 0 Å². The van der Waals surface area contributed by atoms with Crippen molar-refractivity contribution in [3.05, 3.63) is 65.0 Å². The van der Waals surface area contributed by atoms with Crippen molar-refractivity contribution in [1.29, 1.82) is 0 Å². The fourth-order valence-electron chi connectivity index (χ4n) is 3.89. The Morgan fingerprint density at radius 3 is 3.04 bits per heavy atom. The Morgan fingerprint density at radius 1 is 1.43 bits per heavy atom. The summed E-state index contributed by atoms with van der Waals surface area (Å²) in [4.78, 5) is 19.2. The van der Waals surface area contributed by atoms with Crippen LogP contribution in [0.2, 0.25) is 0 Å². The second-order valence-electron chi connectivity index (χ2n) is 7.76. The van der Waals surface area contributed by atoms with Crippen LogP contribution in [0.1, 0.15) is 34.9 Å². The van der Waals surface area contributed by atoms with Crippen LogP contribution in [0.3, 0.4) is 0 Å². The zero-order valence-corrected chi connectivity index (χ0v) is 16.2. The van der Waals surface area contributed by atoms with Gasteiger partial charge in [0.15, 0.2) is 0 Å². The van der Waals surface area contributed by atoms with Gasteiger partial charge in [0.25, 0.3) is 0 Å². The van der Waals surface area contributed by atoms with Gasteiger partial charge in [-0.15, -0.1) is 0 Å². The SMILES string of the molecule is C=C(C)c1cccc2c1OB(O)[C@@H](NC(=O)Cc1cnc3c(c1)CN(C)C3)C2. The Balaban J connectivity index is 1.43. The molecular formula is C21H24BN3O3. The molecule has 2 aliphatic heterocycles. The van der Waals surface area contributed by atoms with Crippen LogP contribution in [0.15, 0.2) is 37.0 Å². The van der Waals surface area contributed by atoms with E-state index < -0.39 is 13.1 Å². The highest BCUT2D eigenvalue weighted by Crippen LogP contribution is 2.33. The van der Waals surface area contributed by atoms with Crippen LogP contribution >= 0.6 is 0 Å². The van der Waals surface area contributed by atoms with E-state index in [4.69, 9.17) is 4.65 Å².